The zero-order valence-corrected chi connectivity index (χ0v) is 10.3. The van der Waals surface area contributed by atoms with Gasteiger partial charge < -0.3 is 10.1 Å². The van der Waals surface area contributed by atoms with Gasteiger partial charge in [0, 0.05) is 11.9 Å². The molecule has 0 fully saturated rings. The fourth-order valence-electron chi connectivity index (χ4n) is 1.25. The van der Waals surface area contributed by atoms with Crippen LogP contribution in [0.15, 0.2) is 47.9 Å². The van der Waals surface area contributed by atoms with Crippen LogP contribution in [0.4, 0.5) is 5.69 Å². The second-order valence-corrected chi connectivity index (χ2v) is 3.51. The molecule has 0 radical (unpaired) electrons. The van der Waals surface area contributed by atoms with Crippen LogP contribution < -0.4 is 5.32 Å². The number of nitrogens with one attached hydrogen (secondary N) is 1. The Morgan fingerprint density at radius 1 is 1.22 bits per heavy atom. The lowest BCUT2D eigenvalue weighted by molar-refractivity contribution is 0.305. The van der Waals surface area contributed by atoms with Crippen LogP contribution in [0, 0.1) is 29.6 Å². The van der Waals surface area contributed by atoms with E-state index in [0.29, 0.717) is 0 Å². The largest absolute Gasteiger partial charge is 0.495 e. The lowest BCUT2D eigenvalue weighted by Gasteiger charge is -2.02. The van der Waals surface area contributed by atoms with E-state index in [4.69, 9.17) is 15.3 Å². The Hall–Kier alpha value is -2.72. The second-order valence-electron chi connectivity index (χ2n) is 3.51. The minimum absolute atomic E-state index is 0.0561. The van der Waals surface area contributed by atoms with Gasteiger partial charge in [-0.2, -0.15) is 10.5 Å². The molecule has 0 aliphatic rings. The van der Waals surface area contributed by atoms with Crippen molar-refractivity contribution in [3.8, 4) is 12.1 Å². The highest BCUT2D eigenvalue weighted by atomic mass is 16.5. The van der Waals surface area contributed by atoms with Gasteiger partial charge in [-0.25, -0.2) is 0 Å². The maximum absolute atomic E-state index is 8.71. The molecule has 4 nitrogen and oxygen atoms in total. The molecule has 1 N–H and O–H groups in total. The summed E-state index contributed by atoms with van der Waals surface area (Å²) in [6.07, 6.45) is 3.17. The number of nitrogens with zero attached hydrogens (tertiary/aromatic N) is 2. The molecular weight excluding hydrogens is 226 g/mol. The first-order valence-corrected chi connectivity index (χ1v) is 5.29. The molecule has 0 aliphatic heterocycles. The summed E-state index contributed by atoms with van der Waals surface area (Å²) in [6.45, 7) is 2.01. The Bertz CT molecular complexity index is 526. The Balaban J connectivity index is 2.76. The van der Waals surface area contributed by atoms with Gasteiger partial charge in [-0.3, -0.25) is 0 Å². The quantitative estimate of drug-likeness (QED) is 0.498. The molecular formula is C14H13N3O. The summed E-state index contributed by atoms with van der Waals surface area (Å²) in [6, 6.07) is 11.4. The predicted molar refractivity (Wildman–Crippen MR) is 69.2 cm³/mol. The standard InChI is InChI=1S/C14H13N3O/c1-11-3-5-13(6-4-11)17-8-7-14(18-2)12(9-15)10-16/h3-8,17H,1-2H3/b8-7+. The summed E-state index contributed by atoms with van der Waals surface area (Å²) in [5.41, 5.74) is 2.04. The van der Waals surface area contributed by atoms with Crippen LogP contribution in [-0.2, 0) is 4.74 Å². The summed E-state index contributed by atoms with van der Waals surface area (Å²) in [5.74, 6) is 0.236. The summed E-state index contributed by atoms with van der Waals surface area (Å²) in [5, 5.41) is 20.4. The number of anilines is 1. The summed E-state index contributed by atoms with van der Waals surface area (Å²) in [7, 11) is 1.42. The van der Waals surface area contributed by atoms with E-state index in [9.17, 15) is 0 Å². The van der Waals surface area contributed by atoms with Gasteiger partial charge in [-0.1, -0.05) is 17.7 Å². The zero-order chi connectivity index (χ0) is 13.4. The molecule has 90 valence electrons. The topological polar surface area (TPSA) is 68.8 Å². The highest BCUT2D eigenvalue weighted by Crippen LogP contribution is 2.10. The van der Waals surface area contributed by atoms with Crippen LogP contribution in [0.1, 0.15) is 5.56 Å². The highest BCUT2D eigenvalue weighted by molar-refractivity contribution is 5.48. The van der Waals surface area contributed by atoms with E-state index >= 15 is 0 Å². The van der Waals surface area contributed by atoms with E-state index in [-0.39, 0.29) is 11.3 Å². The molecule has 4 heteroatoms. The van der Waals surface area contributed by atoms with Gasteiger partial charge in [-0.15, -0.1) is 0 Å². The van der Waals surface area contributed by atoms with Crippen molar-refractivity contribution in [2.45, 2.75) is 6.92 Å². The molecule has 1 aromatic rings. The normalized spacial score (nSPS) is 9.33. The van der Waals surface area contributed by atoms with E-state index in [2.05, 4.69) is 5.32 Å². The summed E-state index contributed by atoms with van der Waals surface area (Å²) >= 11 is 0. The Labute approximate surface area is 106 Å². The lowest BCUT2D eigenvalue weighted by Crippen LogP contribution is -1.91. The number of ether oxygens (including phenoxy) is 1. The SMILES string of the molecule is COC(/C=C/Nc1ccc(C)cc1)=C(C#N)C#N. The second kappa shape index (κ2) is 6.78. The number of allylic oxidation sites excluding steroid dienone is 2. The van der Waals surface area contributed by atoms with Crippen LogP contribution in [0.3, 0.4) is 0 Å². The Morgan fingerprint density at radius 2 is 1.83 bits per heavy atom. The number of hydrogen-bond acceptors (Lipinski definition) is 4. The van der Waals surface area contributed by atoms with Crippen LogP contribution in [0.5, 0.6) is 0 Å². The van der Waals surface area contributed by atoms with E-state index in [1.165, 1.54) is 12.7 Å². The molecule has 0 atom stereocenters. The van der Waals surface area contributed by atoms with Crippen molar-refractivity contribution in [2.75, 3.05) is 12.4 Å². The van der Waals surface area contributed by atoms with Crippen molar-refractivity contribution in [3.63, 3.8) is 0 Å². The molecule has 1 aromatic carbocycles. The first kappa shape index (κ1) is 13.3. The van der Waals surface area contributed by atoms with Gasteiger partial charge in [0.2, 0.25) is 0 Å². The zero-order valence-electron chi connectivity index (χ0n) is 10.3. The summed E-state index contributed by atoms with van der Waals surface area (Å²) in [4.78, 5) is 0. The molecule has 0 saturated heterocycles. The van der Waals surface area contributed by atoms with Gasteiger partial charge in [0.15, 0.2) is 5.57 Å². The molecule has 0 aliphatic carbocycles. The Morgan fingerprint density at radius 3 is 2.33 bits per heavy atom. The third-order valence-corrected chi connectivity index (χ3v) is 2.23. The molecule has 0 aromatic heterocycles. The van der Waals surface area contributed by atoms with Crippen molar-refractivity contribution in [1.29, 1.82) is 10.5 Å². The molecule has 0 unspecified atom stereocenters. The van der Waals surface area contributed by atoms with Crippen molar-refractivity contribution in [3.05, 3.63) is 53.4 Å². The average molecular weight is 239 g/mol. The van der Waals surface area contributed by atoms with Crippen molar-refractivity contribution >= 4 is 5.69 Å². The van der Waals surface area contributed by atoms with E-state index in [1.54, 1.807) is 24.4 Å². The van der Waals surface area contributed by atoms with Gasteiger partial charge in [0.25, 0.3) is 0 Å². The van der Waals surface area contributed by atoms with Crippen LogP contribution in [0.25, 0.3) is 0 Å². The van der Waals surface area contributed by atoms with Crippen LogP contribution in [-0.4, -0.2) is 7.11 Å². The van der Waals surface area contributed by atoms with Crippen molar-refractivity contribution < 1.29 is 4.74 Å². The van der Waals surface area contributed by atoms with E-state index in [0.717, 1.165) is 5.69 Å². The maximum atomic E-state index is 8.71. The maximum Gasteiger partial charge on any atom is 0.171 e. The number of benzene rings is 1. The Kier molecular flexibility index (Phi) is 5.02. The minimum atomic E-state index is -0.0561. The third kappa shape index (κ3) is 3.70. The van der Waals surface area contributed by atoms with E-state index in [1.807, 2.05) is 31.2 Å². The first-order chi connectivity index (χ1) is 8.71. The van der Waals surface area contributed by atoms with Gasteiger partial charge in [-0.05, 0) is 25.1 Å². The predicted octanol–water partition coefficient (Wildman–Crippen LogP) is 2.87. The van der Waals surface area contributed by atoms with Gasteiger partial charge in [0.1, 0.15) is 17.9 Å². The van der Waals surface area contributed by atoms with Gasteiger partial charge >= 0.3 is 0 Å². The lowest BCUT2D eigenvalue weighted by atomic mass is 10.2. The first-order valence-electron chi connectivity index (χ1n) is 5.29. The van der Waals surface area contributed by atoms with Crippen LogP contribution in [0.2, 0.25) is 0 Å². The molecule has 0 heterocycles. The van der Waals surface area contributed by atoms with Crippen molar-refractivity contribution in [2.24, 2.45) is 0 Å². The van der Waals surface area contributed by atoms with E-state index < -0.39 is 0 Å². The number of rotatable bonds is 4. The van der Waals surface area contributed by atoms with Crippen LogP contribution >= 0.6 is 0 Å². The fourth-order valence-corrected chi connectivity index (χ4v) is 1.25. The number of aryl methyl sites for hydroxylation is 1. The molecule has 1 rings (SSSR count). The monoisotopic (exact) mass is 239 g/mol. The highest BCUT2D eigenvalue weighted by Gasteiger charge is 2.01. The molecule has 0 amide bonds. The third-order valence-electron chi connectivity index (χ3n) is 2.23. The molecule has 0 saturated carbocycles. The average Bonchev–Trinajstić information content (AvgIpc) is 2.40. The molecule has 0 spiro atoms. The molecule has 18 heavy (non-hydrogen) atoms. The number of nitriles is 2. The molecule has 0 bridgehead atoms. The smallest absolute Gasteiger partial charge is 0.171 e. The number of methoxy groups -OCH3 is 1. The number of hydrogen-bond donors (Lipinski definition) is 1. The fraction of sp³-hybridized carbons (Fsp3) is 0.143. The van der Waals surface area contributed by atoms with Gasteiger partial charge in [0.05, 0.1) is 7.11 Å². The minimum Gasteiger partial charge on any atom is -0.495 e. The van der Waals surface area contributed by atoms with Crippen molar-refractivity contribution in [1.82, 2.24) is 0 Å². The summed E-state index contributed by atoms with van der Waals surface area (Å²) < 4.78 is 4.96.